The number of halogens is 3. The van der Waals surface area contributed by atoms with Crippen LogP contribution in [0.4, 0.5) is 19.1 Å². The van der Waals surface area contributed by atoms with E-state index in [2.05, 4.69) is 25.0 Å². The van der Waals surface area contributed by atoms with E-state index in [-0.39, 0.29) is 34.5 Å². The van der Waals surface area contributed by atoms with Crippen molar-refractivity contribution in [3.8, 4) is 11.3 Å². The van der Waals surface area contributed by atoms with Crippen molar-refractivity contribution in [1.82, 2.24) is 29.7 Å². The zero-order valence-corrected chi connectivity index (χ0v) is 18.2. The van der Waals surface area contributed by atoms with Gasteiger partial charge in [0.25, 0.3) is 0 Å². The Morgan fingerprint density at radius 3 is 2.48 bits per heavy atom. The summed E-state index contributed by atoms with van der Waals surface area (Å²) in [4.78, 5) is 20.0. The van der Waals surface area contributed by atoms with Crippen molar-refractivity contribution in [3.05, 3.63) is 58.9 Å². The molecule has 11 heteroatoms. The molecule has 1 atom stereocenters. The van der Waals surface area contributed by atoms with E-state index < -0.39 is 17.5 Å². The predicted molar refractivity (Wildman–Crippen MR) is 114 cm³/mol. The monoisotopic (exact) mass is 455 g/mol. The first-order chi connectivity index (χ1) is 15.8. The molecule has 0 bridgehead atoms. The summed E-state index contributed by atoms with van der Waals surface area (Å²) in [5, 5.41) is 4.19. The van der Waals surface area contributed by atoms with Crippen molar-refractivity contribution in [1.29, 1.82) is 0 Å². The summed E-state index contributed by atoms with van der Waals surface area (Å²) in [5.74, 6) is -3.13. The van der Waals surface area contributed by atoms with Gasteiger partial charge in [-0.15, -0.1) is 0 Å². The van der Waals surface area contributed by atoms with E-state index >= 15 is 0 Å². The van der Waals surface area contributed by atoms with E-state index in [1.165, 1.54) is 0 Å². The maximum atomic E-state index is 14.7. The highest BCUT2D eigenvalue weighted by Gasteiger charge is 2.27. The predicted octanol–water partition coefficient (Wildman–Crippen LogP) is 3.43. The molecule has 1 aliphatic rings. The van der Waals surface area contributed by atoms with Gasteiger partial charge in [0.1, 0.15) is 23.1 Å². The van der Waals surface area contributed by atoms with Crippen molar-refractivity contribution < 1.29 is 17.9 Å². The van der Waals surface area contributed by atoms with Crippen LogP contribution in [-0.4, -0.2) is 49.4 Å². The zero-order chi connectivity index (χ0) is 23.3. The van der Waals surface area contributed by atoms with Crippen molar-refractivity contribution in [2.45, 2.75) is 20.0 Å². The zero-order valence-electron chi connectivity index (χ0n) is 18.2. The Labute approximate surface area is 187 Å². The number of hydrogen-bond acceptors (Lipinski definition) is 7. The van der Waals surface area contributed by atoms with Crippen LogP contribution in [0.2, 0.25) is 0 Å². The fourth-order valence-corrected chi connectivity index (χ4v) is 3.77. The molecule has 0 N–H and O–H groups in total. The average molecular weight is 455 g/mol. The largest absolute Gasteiger partial charge is 0.370 e. The summed E-state index contributed by atoms with van der Waals surface area (Å²) in [7, 11) is 1.82. The minimum atomic E-state index is -1.28. The van der Waals surface area contributed by atoms with Crippen LogP contribution in [0.15, 0.2) is 24.5 Å². The van der Waals surface area contributed by atoms with Gasteiger partial charge in [-0.25, -0.2) is 28.1 Å². The lowest BCUT2D eigenvalue weighted by Gasteiger charge is -2.32. The van der Waals surface area contributed by atoms with Gasteiger partial charge < -0.3 is 9.64 Å². The molecular weight excluding hydrogens is 435 g/mol. The maximum Gasteiger partial charge on any atom is 0.228 e. The molecular formula is C22H20F3N7O. The normalized spacial score (nSPS) is 16.5. The molecule has 1 aromatic carbocycles. The molecule has 8 nitrogen and oxygen atoms in total. The Kier molecular flexibility index (Phi) is 5.20. The van der Waals surface area contributed by atoms with Crippen molar-refractivity contribution >= 4 is 17.1 Å². The number of hydrogen-bond donors (Lipinski definition) is 0. The standard InChI is InChI=1S/C22H20F3N7O/c1-11-12(2)28-21-20(27-11)19(14-6-16(24)17(25)7-15(14)23)29-22(30-21)32-4-5-33-18(10-32)13-8-26-31(3)9-13/h6-9,18H,4-5,10H2,1-3H3/t18-/m0/s1. The van der Waals surface area contributed by atoms with Crippen molar-refractivity contribution in [3.63, 3.8) is 0 Å². The molecule has 4 heterocycles. The highest BCUT2D eigenvalue weighted by molar-refractivity contribution is 5.88. The van der Waals surface area contributed by atoms with Crippen LogP contribution in [0.5, 0.6) is 0 Å². The highest BCUT2D eigenvalue weighted by atomic mass is 19.2. The number of ether oxygens (including phenoxy) is 1. The summed E-state index contributed by atoms with van der Waals surface area (Å²) in [6.45, 7) is 4.86. The Balaban J connectivity index is 1.64. The lowest BCUT2D eigenvalue weighted by molar-refractivity contribution is 0.0392. The van der Waals surface area contributed by atoms with E-state index in [4.69, 9.17) is 4.74 Å². The first-order valence-electron chi connectivity index (χ1n) is 10.3. The third kappa shape index (κ3) is 3.88. The van der Waals surface area contributed by atoms with Crippen LogP contribution in [-0.2, 0) is 11.8 Å². The van der Waals surface area contributed by atoms with Gasteiger partial charge >= 0.3 is 0 Å². The van der Waals surface area contributed by atoms with Crippen LogP contribution in [0, 0.1) is 31.3 Å². The second-order valence-corrected chi connectivity index (χ2v) is 7.94. The van der Waals surface area contributed by atoms with Gasteiger partial charge in [-0.2, -0.15) is 10.1 Å². The van der Waals surface area contributed by atoms with Gasteiger partial charge in [-0.3, -0.25) is 4.68 Å². The number of benzene rings is 1. The molecule has 0 aliphatic carbocycles. The Hall–Kier alpha value is -3.60. The first kappa shape index (κ1) is 21.3. The number of aromatic nitrogens is 6. The summed E-state index contributed by atoms with van der Waals surface area (Å²) in [6.07, 6.45) is 3.34. The molecule has 1 aliphatic heterocycles. The van der Waals surface area contributed by atoms with E-state index in [9.17, 15) is 13.2 Å². The molecule has 0 radical (unpaired) electrons. The molecule has 1 saturated heterocycles. The molecule has 4 aromatic rings. The van der Waals surface area contributed by atoms with Crippen LogP contribution in [0.1, 0.15) is 23.1 Å². The van der Waals surface area contributed by atoms with E-state index in [0.29, 0.717) is 37.2 Å². The number of rotatable bonds is 3. The molecule has 5 rings (SSSR count). The lowest BCUT2D eigenvalue weighted by Crippen LogP contribution is -2.39. The fraction of sp³-hybridized carbons (Fsp3) is 0.318. The van der Waals surface area contributed by atoms with Crippen LogP contribution >= 0.6 is 0 Å². The van der Waals surface area contributed by atoms with E-state index in [1.54, 1.807) is 24.7 Å². The number of morpholine rings is 1. The van der Waals surface area contributed by atoms with Gasteiger partial charge in [0.2, 0.25) is 5.95 Å². The first-order valence-corrected chi connectivity index (χ1v) is 10.3. The Bertz CT molecular complexity index is 1370. The molecule has 3 aromatic heterocycles. The molecule has 0 amide bonds. The number of aryl methyl sites for hydroxylation is 3. The van der Waals surface area contributed by atoms with Crippen molar-refractivity contribution in [2.24, 2.45) is 7.05 Å². The third-order valence-electron chi connectivity index (χ3n) is 5.64. The van der Waals surface area contributed by atoms with Gasteiger partial charge in [0.15, 0.2) is 17.3 Å². The minimum Gasteiger partial charge on any atom is -0.370 e. The van der Waals surface area contributed by atoms with E-state index in [0.717, 1.165) is 11.6 Å². The van der Waals surface area contributed by atoms with Gasteiger partial charge in [0.05, 0.1) is 30.7 Å². The SMILES string of the molecule is Cc1nc2nc(N3CCO[C@H](c4cnn(C)c4)C3)nc(-c3cc(F)c(F)cc3F)c2nc1C. The van der Waals surface area contributed by atoms with Crippen molar-refractivity contribution in [2.75, 3.05) is 24.6 Å². The van der Waals surface area contributed by atoms with E-state index in [1.807, 2.05) is 18.1 Å². The third-order valence-corrected chi connectivity index (χ3v) is 5.64. The molecule has 0 spiro atoms. The molecule has 170 valence electrons. The lowest BCUT2D eigenvalue weighted by atomic mass is 10.1. The fourth-order valence-electron chi connectivity index (χ4n) is 3.77. The molecule has 0 saturated carbocycles. The summed E-state index contributed by atoms with van der Waals surface area (Å²) < 4.78 is 49.9. The smallest absolute Gasteiger partial charge is 0.228 e. The molecule has 33 heavy (non-hydrogen) atoms. The number of nitrogens with zero attached hydrogens (tertiary/aromatic N) is 7. The second-order valence-electron chi connectivity index (χ2n) is 7.94. The Morgan fingerprint density at radius 1 is 0.970 bits per heavy atom. The second kappa shape index (κ2) is 8.07. The quantitative estimate of drug-likeness (QED) is 0.438. The van der Waals surface area contributed by atoms with Gasteiger partial charge in [0, 0.05) is 37.0 Å². The highest BCUT2D eigenvalue weighted by Crippen LogP contribution is 2.32. The maximum absolute atomic E-state index is 14.7. The van der Waals surface area contributed by atoms with Gasteiger partial charge in [-0.05, 0) is 19.9 Å². The molecule has 1 fully saturated rings. The summed E-state index contributed by atoms with van der Waals surface area (Å²) >= 11 is 0. The van der Waals surface area contributed by atoms with Crippen LogP contribution in [0.25, 0.3) is 22.4 Å². The number of fused-ring (bicyclic) bond motifs is 1. The Morgan fingerprint density at radius 2 is 1.73 bits per heavy atom. The van der Waals surface area contributed by atoms with Crippen LogP contribution in [0.3, 0.4) is 0 Å². The molecule has 0 unspecified atom stereocenters. The summed E-state index contributed by atoms with van der Waals surface area (Å²) in [6, 6.07) is 1.28. The topological polar surface area (TPSA) is 81.9 Å². The summed E-state index contributed by atoms with van der Waals surface area (Å²) in [5.41, 5.74) is 2.45. The van der Waals surface area contributed by atoms with Gasteiger partial charge in [-0.1, -0.05) is 0 Å². The number of anilines is 1. The average Bonchev–Trinajstić information content (AvgIpc) is 3.23. The van der Waals surface area contributed by atoms with Crippen LogP contribution < -0.4 is 4.90 Å². The minimum absolute atomic E-state index is 0.0476.